The van der Waals surface area contributed by atoms with Crippen molar-refractivity contribution in [2.75, 3.05) is 39.6 Å². The summed E-state index contributed by atoms with van der Waals surface area (Å²) in [6, 6.07) is 4.66. The van der Waals surface area contributed by atoms with E-state index in [9.17, 15) is 8.42 Å². The van der Waals surface area contributed by atoms with E-state index in [0.29, 0.717) is 37.1 Å². The largest absolute Gasteiger partial charge is 0.495 e. The monoisotopic (exact) mass is 314 g/mol. The molecule has 1 heterocycles. The summed E-state index contributed by atoms with van der Waals surface area (Å²) in [5.74, 6) is 0.743. The summed E-state index contributed by atoms with van der Waals surface area (Å²) in [6.45, 7) is 1.66. The highest BCUT2D eigenvalue weighted by Crippen LogP contribution is 2.31. The van der Waals surface area contributed by atoms with Crippen LogP contribution in [0.15, 0.2) is 23.1 Å². The quantitative estimate of drug-likeness (QED) is 0.829. The number of piperidine rings is 1. The van der Waals surface area contributed by atoms with Gasteiger partial charge in [0.2, 0.25) is 10.0 Å². The predicted molar refractivity (Wildman–Crippen MR) is 80.8 cm³/mol. The van der Waals surface area contributed by atoms with Crippen molar-refractivity contribution in [3.63, 3.8) is 0 Å². The van der Waals surface area contributed by atoms with E-state index in [1.54, 1.807) is 19.2 Å². The van der Waals surface area contributed by atoms with Gasteiger partial charge in [-0.25, -0.2) is 8.42 Å². The molecule has 1 saturated heterocycles. The van der Waals surface area contributed by atoms with Crippen LogP contribution >= 0.6 is 0 Å². The number of methoxy groups -OCH3 is 2. The molecule has 1 aromatic carbocycles. The second kappa shape index (κ2) is 6.64. The lowest BCUT2D eigenvalue weighted by Crippen LogP contribution is -2.39. The molecule has 0 spiro atoms. The van der Waals surface area contributed by atoms with Crippen LogP contribution in [0, 0.1) is 5.92 Å². The molecule has 21 heavy (non-hydrogen) atoms. The van der Waals surface area contributed by atoms with Gasteiger partial charge in [0, 0.05) is 32.5 Å². The first-order chi connectivity index (χ1) is 9.98. The highest BCUT2D eigenvalue weighted by atomic mass is 32.2. The third kappa shape index (κ3) is 3.48. The van der Waals surface area contributed by atoms with Gasteiger partial charge in [0.05, 0.1) is 7.11 Å². The van der Waals surface area contributed by atoms with Gasteiger partial charge in [-0.05, 0) is 37.0 Å². The predicted octanol–water partition coefficient (Wildman–Crippen LogP) is 1.32. The first kappa shape index (κ1) is 16.1. The highest BCUT2D eigenvalue weighted by Gasteiger charge is 2.31. The van der Waals surface area contributed by atoms with Gasteiger partial charge in [0.15, 0.2) is 0 Å². The van der Waals surface area contributed by atoms with Crippen molar-refractivity contribution in [3.8, 4) is 5.75 Å². The number of rotatable bonds is 5. The number of nitrogens with zero attached hydrogens (tertiary/aromatic N) is 1. The Hall–Kier alpha value is -1.31. The zero-order valence-electron chi connectivity index (χ0n) is 12.4. The number of nitrogens with two attached hydrogens (primary N) is 1. The number of hydrogen-bond acceptors (Lipinski definition) is 5. The number of hydrogen-bond donors (Lipinski definition) is 1. The number of ether oxygens (including phenoxy) is 2. The maximum Gasteiger partial charge on any atom is 0.246 e. The Labute approximate surface area is 125 Å². The number of anilines is 1. The maximum absolute atomic E-state index is 12.7. The van der Waals surface area contributed by atoms with E-state index in [-0.39, 0.29) is 4.90 Å². The lowest BCUT2D eigenvalue weighted by atomic mass is 9.99. The smallest absolute Gasteiger partial charge is 0.246 e. The van der Waals surface area contributed by atoms with Crippen molar-refractivity contribution in [2.45, 2.75) is 17.7 Å². The summed E-state index contributed by atoms with van der Waals surface area (Å²) in [5, 5.41) is 0. The Morgan fingerprint density at radius 2 is 1.95 bits per heavy atom. The minimum absolute atomic E-state index is 0.134. The lowest BCUT2D eigenvalue weighted by Gasteiger charge is -2.31. The van der Waals surface area contributed by atoms with Crippen LogP contribution in [0.4, 0.5) is 5.69 Å². The highest BCUT2D eigenvalue weighted by molar-refractivity contribution is 7.89. The summed E-state index contributed by atoms with van der Waals surface area (Å²) in [6.07, 6.45) is 1.61. The molecule has 0 aromatic heterocycles. The van der Waals surface area contributed by atoms with Crippen LogP contribution in [0.3, 0.4) is 0 Å². The van der Waals surface area contributed by atoms with Crippen LogP contribution in [-0.2, 0) is 14.8 Å². The van der Waals surface area contributed by atoms with Gasteiger partial charge < -0.3 is 15.2 Å². The van der Waals surface area contributed by atoms with Crippen molar-refractivity contribution >= 4 is 15.7 Å². The Balaban J connectivity index is 2.21. The third-order valence-electron chi connectivity index (χ3n) is 3.78. The topological polar surface area (TPSA) is 81.9 Å². The minimum atomic E-state index is -3.58. The van der Waals surface area contributed by atoms with Crippen LogP contribution in [-0.4, -0.2) is 46.6 Å². The van der Waals surface area contributed by atoms with Gasteiger partial charge in [-0.3, -0.25) is 0 Å². The van der Waals surface area contributed by atoms with Crippen molar-refractivity contribution in [1.82, 2.24) is 4.31 Å². The van der Waals surface area contributed by atoms with E-state index in [1.807, 2.05) is 0 Å². The Morgan fingerprint density at radius 3 is 2.52 bits per heavy atom. The lowest BCUT2D eigenvalue weighted by molar-refractivity contribution is 0.121. The standard InChI is InChI=1S/C14H22N2O4S/c1-19-10-11-5-7-16(8-6-11)21(17,18)14-9-12(15)3-4-13(14)20-2/h3-4,9,11H,5-8,10,15H2,1-2H3. The minimum Gasteiger partial charge on any atom is -0.495 e. The molecule has 0 bridgehead atoms. The average molecular weight is 314 g/mol. The van der Waals surface area contributed by atoms with Crippen LogP contribution in [0.25, 0.3) is 0 Å². The fraction of sp³-hybridized carbons (Fsp3) is 0.571. The van der Waals surface area contributed by atoms with Crippen LogP contribution in [0.1, 0.15) is 12.8 Å². The molecule has 0 aliphatic carbocycles. The first-order valence-electron chi connectivity index (χ1n) is 6.91. The van der Waals surface area contributed by atoms with Gasteiger partial charge in [-0.2, -0.15) is 4.31 Å². The second-order valence-corrected chi connectivity index (χ2v) is 7.12. The molecule has 0 radical (unpaired) electrons. The van der Waals surface area contributed by atoms with Crippen molar-refractivity contribution in [2.24, 2.45) is 5.92 Å². The van der Waals surface area contributed by atoms with Crippen LogP contribution in [0.2, 0.25) is 0 Å². The Kier molecular flexibility index (Phi) is 5.08. The zero-order chi connectivity index (χ0) is 15.5. The van der Waals surface area contributed by atoms with E-state index in [2.05, 4.69) is 0 Å². The normalized spacial score (nSPS) is 17.8. The molecule has 0 saturated carbocycles. The fourth-order valence-corrected chi connectivity index (χ4v) is 4.25. The molecule has 1 aromatic rings. The summed E-state index contributed by atoms with van der Waals surface area (Å²) in [7, 11) is -0.457. The molecule has 1 fully saturated rings. The molecule has 6 nitrogen and oxygen atoms in total. The van der Waals surface area contributed by atoms with E-state index >= 15 is 0 Å². The second-order valence-electron chi connectivity index (χ2n) is 5.21. The van der Waals surface area contributed by atoms with Gasteiger partial charge in [0.1, 0.15) is 10.6 Å². The number of benzene rings is 1. The van der Waals surface area contributed by atoms with E-state index in [1.165, 1.54) is 17.5 Å². The van der Waals surface area contributed by atoms with Crippen LogP contribution < -0.4 is 10.5 Å². The SMILES string of the molecule is COCC1CCN(S(=O)(=O)c2cc(N)ccc2OC)CC1. The van der Waals surface area contributed by atoms with Gasteiger partial charge in [0.25, 0.3) is 0 Å². The third-order valence-corrected chi connectivity index (χ3v) is 5.70. The van der Waals surface area contributed by atoms with Crippen LogP contribution in [0.5, 0.6) is 5.75 Å². The molecule has 0 amide bonds. The summed E-state index contributed by atoms with van der Waals surface area (Å²) >= 11 is 0. The molecular formula is C14H22N2O4S. The molecule has 2 rings (SSSR count). The van der Waals surface area contributed by atoms with E-state index < -0.39 is 10.0 Å². The average Bonchev–Trinajstić information content (AvgIpc) is 2.48. The maximum atomic E-state index is 12.7. The summed E-state index contributed by atoms with van der Waals surface area (Å²) in [5.41, 5.74) is 6.12. The number of sulfonamides is 1. The molecular weight excluding hydrogens is 292 g/mol. The summed E-state index contributed by atoms with van der Waals surface area (Å²) in [4.78, 5) is 0.134. The van der Waals surface area contributed by atoms with Gasteiger partial charge in [-0.1, -0.05) is 0 Å². The molecule has 2 N–H and O–H groups in total. The molecule has 0 unspecified atom stereocenters. The molecule has 1 aliphatic heterocycles. The summed E-state index contributed by atoms with van der Waals surface area (Å²) < 4.78 is 37.3. The van der Waals surface area contributed by atoms with Gasteiger partial charge >= 0.3 is 0 Å². The van der Waals surface area contributed by atoms with E-state index in [0.717, 1.165) is 12.8 Å². The molecule has 1 aliphatic rings. The van der Waals surface area contributed by atoms with Crippen molar-refractivity contribution in [3.05, 3.63) is 18.2 Å². The molecule has 7 heteroatoms. The first-order valence-corrected chi connectivity index (χ1v) is 8.35. The number of nitrogen functional groups attached to an aromatic ring is 1. The Bertz CT molecular complexity index is 581. The zero-order valence-corrected chi connectivity index (χ0v) is 13.2. The van der Waals surface area contributed by atoms with E-state index in [4.69, 9.17) is 15.2 Å². The molecule has 118 valence electrons. The van der Waals surface area contributed by atoms with Crippen molar-refractivity contribution < 1.29 is 17.9 Å². The Morgan fingerprint density at radius 1 is 1.29 bits per heavy atom. The van der Waals surface area contributed by atoms with Crippen molar-refractivity contribution in [1.29, 1.82) is 0 Å². The van der Waals surface area contributed by atoms with Gasteiger partial charge in [-0.15, -0.1) is 0 Å². The fourth-order valence-electron chi connectivity index (χ4n) is 2.59. The molecule has 0 atom stereocenters.